The van der Waals surface area contributed by atoms with Gasteiger partial charge in [-0.05, 0) is 56.2 Å². The van der Waals surface area contributed by atoms with Crippen molar-refractivity contribution in [3.8, 4) is 23.0 Å². The van der Waals surface area contributed by atoms with Gasteiger partial charge in [0.05, 0.1) is 11.6 Å². The molecule has 43 heavy (non-hydrogen) atoms. The van der Waals surface area contributed by atoms with Crippen molar-refractivity contribution in [2.75, 3.05) is 24.6 Å². The molecule has 2 aromatic carbocycles. The lowest BCUT2D eigenvalue weighted by Gasteiger charge is -2.37. The van der Waals surface area contributed by atoms with Crippen molar-refractivity contribution in [1.29, 1.82) is 0 Å². The van der Waals surface area contributed by atoms with Crippen LogP contribution in [0, 0.1) is 5.41 Å². The summed E-state index contributed by atoms with van der Waals surface area (Å²) >= 11 is 12.9. The first-order chi connectivity index (χ1) is 20.7. The lowest BCUT2D eigenvalue weighted by molar-refractivity contribution is -0.127. The number of aromatic nitrogens is 6. The fourth-order valence-electron chi connectivity index (χ4n) is 5.13. The first kappa shape index (κ1) is 28.6. The van der Waals surface area contributed by atoms with Crippen molar-refractivity contribution < 1.29 is 14.3 Å². The number of hydrogen-bond acceptors (Lipinski definition) is 8. The van der Waals surface area contributed by atoms with Crippen LogP contribution in [0.2, 0.25) is 10.0 Å². The first-order valence-corrected chi connectivity index (χ1v) is 14.5. The minimum atomic E-state index is -0.615. The third-order valence-corrected chi connectivity index (χ3v) is 8.32. The van der Waals surface area contributed by atoms with Gasteiger partial charge in [-0.15, -0.1) is 0 Å². The highest BCUT2D eigenvalue weighted by molar-refractivity contribution is 6.33. The largest absolute Gasteiger partial charge is 0.461 e. The molecule has 1 fully saturated rings. The van der Waals surface area contributed by atoms with Crippen LogP contribution in [-0.2, 0) is 9.53 Å². The Hall–Kier alpha value is -4.48. The van der Waals surface area contributed by atoms with E-state index >= 15 is 0 Å². The number of anilines is 1. The molecular weight excluding hydrogens is 591 g/mol. The quantitative estimate of drug-likeness (QED) is 0.245. The van der Waals surface area contributed by atoms with E-state index in [4.69, 9.17) is 48.6 Å². The van der Waals surface area contributed by atoms with Crippen LogP contribution in [0.25, 0.3) is 34.2 Å². The zero-order valence-electron chi connectivity index (χ0n) is 23.5. The molecule has 11 nitrogen and oxygen atoms in total. The SMILES string of the molecule is CCOC(=O)c1cn(-c2nc(N3CCC(C)(C(N)=O)CC3)c3nc(-c4ccccc4Cl)n(-c4ccc(Cl)cc4)c3n2)cn1. The van der Waals surface area contributed by atoms with E-state index < -0.39 is 11.4 Å². The second kappa shape index (κ2) is 11.3. The Labute approximate surface area is 257 Å². The molecule has 2 N–H and O–H groups in total. The van der Waals surface area contributed by atoms with E-state index in [1.165, 1.54) is 12.5 Å². The molecule has 1 aliphatic rings. The number of carbonyl (C=O) groups excluding carboxylic acids is 2. The Bertz CT molecular complexity index is 1840. The summed E-state index contributed by atoms with van der Waals surface area (Å²) < 4.78 is 8.59. The van der Waals surface area contributed by atoms with Crippen LogP contribution < -0.4 is 10.6 Å². The van der Waals surface area contributed by atoms with E-state index in [9.17, 15) is 9.59 Å². The monoisotopic (exact) mass is 618 g/mol. The number of primary amides is 1. The molecule has 6 rings (SSSR count). The predicted octanol–water partition coefficient (Wildman–Crippen LogP) is 5.24. The summed E-state index contributed by atoms with van der Waals surface area (Å²) in [5, 5.41) is 1.10. The number of nitrogens with two attached hydrogens (primary N) is 1. The molecule has 1 aliphatic heterocycles. The predicted molar refractivity (Wildman–Crippen MR) is 164 cm³/mol. The van der Waals surface area contributed by atoms with Gasteiger partial charge in [-0.3, -0.25) is 13.9 Å². The van der Waals surface area contributed by atoms with Crippen molar-refractivity contribution in [1.82, 2.24) is 29.1 Å². The molecule has 13 heteroatoms. The maximum Gasteiger partial charge on any atom is 0.358 e. The molecule has 220 valence electrons. The number of benzene rings is 2. The van der Waals surface area contributed by atoms with E-state index in [-0.39, 0.29) is 24.2 Å². The molecular formula is C30H28Cl2N8O3. The maximum atomic E-state index is 12.4. The number of piperidine rings is 1. The zero-order valence-corrected chi connectivity index (χ0v) is 25.0. The summed E-state index contributed by atoms with van der Waals surface area (Å²) in [4.78, 5) is 45.8. The van der Waals surface area contributed by atoms with Gasteiger partial charge in [0.25, 0.3) is 0 Å². The third kappa shape index (κ3) is 5.30. The summed E-state index contributed by atoms with van der Waals surface area (Å²) in [5.74, 6) is 0.538. The van der Waals surface area contributed by atoms with Crippen LogP contribution in [0.4, 0.5) is 5.82 Å². The summed E-state index contributed by atoms with van der Waals surface area (Å²) in [6.45, 7) is 4.90. The minimum absolute atomic E-state index is 0.130. The van der Waals surface area contributed by atoms with Gasteiger partial charge < -0.3 is 15.4 Å². The fraction of sp³-hybridized carbons (Fsp3) is 0.267. The first-order valence-electron chi connectivity index (χ1n) is 13.8. The number of amides is 1. The molecule has 0 spiro atoms. The number of halogens is 2. The Kier molecular flexibility index (Phi) is 7.53. The van der Waals surface area contributed by atoms with Crippen LogP contribution in [-0.4, -0.2) is 60.6 Å². The number of nitrogens with zero attached hydrogens (tertiary/aromatic N) is 7. The number of carbonyl (C=O) groups is 2. The van der Waals surface area contributed by atoms with Crippen LogP contribution in [0.5, 0.6) is 0 Å². The third-order valence-electron chi connectivity index (χ3n) is 7.74. The maximum absolute atomic E-state index is 12.4. The van der Waals surface area contributed by atoms with Gasteiger partial charge in [0, 0.05) is 41.0 Å². The number of hydrogen-bond donors (Lipinski definition) is 1. The summed E-state index contributed by atoms with van der Waals surface area (Å²) in [6, 6.07) is 14.8. The topological polar surface area (TPSA) is 134 Å². The molecule has 3 aromatic heterocycles. The molecule has 0 atom stereocenters. The van der Waals surface area contributed by atoms with Crippen molar-refractivity contribution in [2.24, 2.45) is 11.1 Å². The standard InChI is InChI=1S/C30H28Cl2N8O3/c1-3-43-27(41)22-16-39(17-34-22)29-36-25(38-14-12-30(2,13-15-38)28(33)42)23-26(37-29)40(19-10-8-18(31)9-11-19)24(35-23)20-6-4-5-7-21(20)32/h4-11,16-17H,3,12-15H2,1-2H3,(H2,33,42). The van der Waals surface area contributed by atoms with E-state index in [2.05, 4.69) is 9.88 Å². The summed E-state index contributed by atoms with van der Waals surface area (Å²) in [6.07, 6.45) is 4.10. The highest BCUT2D eigenvalue weighted by Crippen LogP contribution is 2.38. The number of ether oxygens (including phenoxy) is 1. The molecule has 0 radical (unpaired) electrons. The molecule has 4 heterocycles. The average molecular weight is 620 g/mol. The molecule has 0 aliphatic carbocycles. The number of fused-ring (bicyclic) bond motifs is 1. The van der Waals surface area contributed by atoms with Crippen molar-refractivity contribution in [3.05, 3.63) is 76.8 Å². The van der Waals surface area contributed by atoms with Crippen LogP contribution >= 0.6 is 23.2 Å². The lowest BCUT2D eigenvalue weighted by atomic mass is 9.80. The lowest BCUT2D eigenvalue weighted by Crippen LogP contribution is -2.45. The Morgan fingerprint density at radius 2 is 1.74 bits per heavy atom. The van der Waals surface area contributed by atoms with Crippen molar-refractivity contribution in [3.63, 3.8) is 0 Å². The number of esters is 1. The number of imidazole rings is 2. The van der Waals surface area contributed by atoms with Gasteiger partial charge in [-0.1, -0.05) is 42.3 Å². The average Bonchev–Trinajstić information content (AvgIpc) is 3.64. The number of rotatable bonds is 7. The van der Waals surface area contributed by atoms with Crippen LogP contribution in [0.15, 0.2) is 61.1 Å². The van der Waals surface area contributed by atoms with E-state index in [0.717, 1.165) is 5.69 Å². The van der Waals surface area contributed by atoms with Crippen molar-refractivity contribution in [2.45, 2.75) is 26.7 Å². The second-order valence-corrected chi connectivity index (χ2v) is 11.4. The van der Waals surface area contributed by atoms with Crippen LogP contribution in [0.3, 0.4) is 0 Å². The molecule has 0 unspecified atom stereocenters. The Morgan fingerprint density at radius 1 is 1.02 bits per heavy atom. The van der Waals surface area contributed by atoms with Gasteiger partial charge in [-0.25, -0.2) is 14.8 Å². The van der Waals surface area contributed by atoms with Gasteiger partial charge in [0.2, 0.25) is 11.9 Å². The van der Waals surface area contributed by atoms with E-state index in [1.54, 1.807) is 29.7 Å². The zero-order chi connectivity index (χ0) is 30.3. The fourth-order valence-corrected chi connectivity index (χ4v) is 5.47. The van der Waals surface area contributed by atoms with Gasteiger partial charge >= 0.3 is 5.97 Å². The van der Waals surface area contributed by atoms with E-state index in [0.29, 0.717) is 64.3 Å². The highest BCUT2D eigenvalue weighted by atomic mass is 35.5. The summed E-state index contributed by atoms with van der Waals surface area (Å²) in [7, 11) is 0. The summed E-state index contributed by atoms with van der Waals surface area (Å²) in [5.41, 5.74) is 7.76. The Balaban J connectivity index is 1.59. The molecule has 5 aromatic rings. The van der Waals surface area contributed by atoms with Gasteiger partial charge in [0.15, 0.2) is 22.7 Å². The van der Waals surface area contributed by atoms with Crippen LogP contribution in [0.1, 0.15) is 37.2 Å². The van der Waals surface area contributed by atoms with Crippen molar-refractivity contribution >= 4 is 52.1 Å². The van der Waals surface area contributed by atoms with E-state index in [1.807, 2.05) is 41.8 Å². The highest BCUT2D eigenvalue weighted by Gasteiger charge is 2.37. The minimum Gasteiger partial charge on any atom is -0.461 e. The smallest absolute Gasteiger partial charge is 0.358 e. The molecule has 0 bridgehead atoms. The van der Waals surface area contributed by atoms with Gasteiger partial charge in [-0.2, -0.15) is 9.97 Å². The Morgan fingerprint density at radius 3 is 2.42 bits per heavy atom. The molecule has 0 saturated carbocycles. The molecule has 1 saturated heterocycles. The van der Waals surface area contributed by atoms with Gasteiger partial charge in [0.1, 0.15) is 12.2 Å². The normalized spacial score (nSPS) is 14.7. The molecule has 1 amide bonds. The second-order valence-electron chi connectivity index (χ2n) is 10.5.